The van der Waals surface area contributed by atoms with Gasteiger partial charge in [-0.05, 0) is 23.7 Å². The zero-order valence-electron chi connectivity index (χ0n) is 6.16. The molecule has 0 saturated carbocycles. The third kappa shape index (κ3) is 1.01. The Morgan fingerprint density at radius 3 is 3.27 bits per heavy atom. The lowest BCUT2D eigenvalue weighted by Gasteiger charge is -2.20. The van der Waals surface area contributed by atoms with Gasteiger partial charge in [0.2, 0.25) is 5.29 Å². The highest BCUT2D eigenvalue weighted by atomic mass is 35.5. The van der Waals surface area contributed by atoms with Crippen molar-refractivity contribution in [1.82, 2.24) is 9.58 Å². The summed E-state index contributed by atoms with van der Waals surface area (Å²) in [6.07, 6.45) is 1.91. The second-order valence-corrected chi connectivity index (χ2v) is 2.89. The van der Waals surface area contributed by atoms with Gasteiger partial charge >= 0.3 is 0 Å². The summed E-state index contributed by atoms with van der Waals surface area (Å²) in [6, 6.07) is 4.00. The van der Waals surface area contributed by atoms with E-state index in [-0.39, 0.29) is 0 Å². The molecule has 0 fully saturated rings. The fourth-order valence-electron chi connectivity index (χ4n) is 1.18. The lowest BCUT2D eigenvalue weighted by atomic mass is 10.4. The van der Waals surface area contributed by atoms with Crippen LogP contribution in [0.5, 0.6) is 0 Å². The van der Waals surface area contributed by atoms with Crippen molar-refractivity contribution in [3.63, 3.8) is 0 Å². The van der Waals surface area contributed by atoms with Gasteiger partial charge in [-0.25, -0.2) is 0 Å². The molecule has 2 heterocycles. The van der Waals surface area contributed by atoms with E-state index in [1.807, 2.05) is 35.0 Å². The van der Waals surface area contributed by atoms with Crippen LogP contribution in [0, 0.1) is 0 Å². The summed E-state index contributed by atoms with van der Waals surface area (Å²) in [5.74, 6) is 0. The van der Waals surface area contributed by atoms with Gasteiger partial charge in [0.15, 0.2) is 0 Å². The summed E-state index contributed by atoms with van der Waals surface area (Å²) in [6.45, 7) is 0.823. The lowest BCUT2D eigenvalue weighted by Crippen LogP contribution is -2.24. The van der Waals surface area contributed by atoms with Gasteiger partial charge in [0, 0.05) is 18.9 Å². The third-order valence-corrected chi connectivity index (χ3v) is 1.93. The molecule has 4 heteroatoms. The highest BCUT2D eigenvalue weighted by molar-refractivity contribution is 6.65. The predicted octanol–water partition coefficient (Wildman–Crippen LogP) is 1.29. The molecule has 0 aliphatic carbocycles. The minimum Gasteiger partial charge on any atom is -0.293 e. The minimum atomic E-state index is 0.513. The van der Waals surface area contributed by atoms with Crippen molar-refractivity contribution in [3.05, 3.63) is 24.0 Å². The van der Waals surface area contributed by atoms with Gasteiger partial charge < -0.3 is 0 Å². The van der Waals surface area contributed by atoms with Gasteiger partial charge in [0.05, 0.1) is 6.54 Å². The van der Waals surface area contributed by atoms with Crippen molar-refractivity contribution in [2.24, 2.45) is 5.10 Å². The van der Waals surface area contributed by atoms with E-state index >= 15 is 0 Å². The van der Waals surface area contributed by atoms with Crippen LogP contribution in [0.2, 0.25) is 0 Å². The number of hydrogen-bond acceptors (Lipinski definition) is 2. The van der Waals surface area contributed by atoms with E-state index in [1.165, 1.54) is 5.69 Å². The molecule has 3 nitrogen and oxygen atoms in total. The maximum atomic E-state index is 5.85. The fourth-order valence-corrected chi connectivity index (χ4v) is 1.48. The molecule has 0 atom stereocenters. The van der Waals surface area contributed by atoms with E-state index in [9.17, 15) is 0 Å². The predicted molar refractivity (Wildman–Crippen MR) is 44.6 cm³/mol. The first-order chi connectivity index (χ1) is 5.27. The van der Waals surface area contributed by atoms with Gasteiger partial charge in [-0.2, -0.15) is 0 Å². The summed E-state index contributed by atoms with van der Waals surface area (Å²) in [5, 5.41) is 6.40. The van der Waals surface area contributed by atoms with E-state index < -0.39 is 0 Å². The summed E-state index contributed by atoms with van der Waals surface area (Å²) in [5.41, 5.74) is 1.17. The monoisotopic (exact) mass is 169 g/mol. The highest BCUT2D eigenvalue weighted by Gasteiger charge is 2.12. The van der Waals surface area contributed by atoms with Gasteiger partial charge in [-0.1, -0.05) is 0 Å². The molecule has 0 radical (unpaired) electrons. The van der Waals surface area contributed by atoms with Crippen LogP contribution in [0.15, 0.2) is 23.4 Å². The van der Waals surface area contributed by atoms with E-state index in [2.05, 4.69) is 5.10 Å². The SMILES string of the molecule is CN1Cc2cccn2C(Cl)=N1. The number of hydrogen-bond donors (Lipinski definition) is 0. The summed E-state index contributed by atoms with van der Waals surface area (Å²) >= 11 is 5.85. The van der Waals surface area contributed by atoms with E-state index in [4.69, 9.17) is 11.6 Å². The topological polar surface area (TPSA) is 20.5 Å². The Kier molecular flexibility index (Phi) is 1.39. The molecule has 0 spiro atoms. The van der Waals surface area contributed by atoms with Crippen LogP contribution in [0.4, 0.5) is 0 Å². The quantitative estimate of drug-likeness (QED) is 0.573. The van der Waals surface area contributed by atoms with Crippen LogP contribution < -0.4 is 0 Å². The molecule has 1 aliphatic rings. The number of nitrogens with zero attached hydrogens (tertiary/aromatic N) is 3. The summed E-state index contributed by atoms with van der Waals surface area (Å²) in [7, 11) is 1.90. The van der Waals surface area contributed by atoms with Crippen LogP contribution in [-0.2, 0) is 6.54 Å². The molecule has 1 aliphatic heterocycles. The van der Waals surface area contributed by atoms with E-state index in [1.54, 1.807) is 0 Å². The molecule has 11 heavy (non-hydrogen) atoms. The normalized spacial score (nSPS) is 16.2. The summed E-state index contributed by atoms with van der Waals surface area (Å²) < 4.78 is 1.88. The molecule has 1 aromatic rings. The van der Waals surface area contributed by atoms with Crippen molar-refractivity contribution in [2.45, 2.75) is 6.54 Å². The first kappa shape index (κ1) is 6.73. The Morgan fingerprint density at radius 1 is 1.64 bits per heavy atom. The van der Waals surface area contributed by atoms with Gasteiger partial charge in [0.25, 0.3) is 0 Å². The largest absolute Gasteiger partial charge is 0.293 e. The first-order valence-corrected chi connectivity index (χ1v) is 3.77. The van der Waals surface area contributed by atoms with E-state index in [0.29, 0.717) is 5.29 Å². The number of rotatable bonds is 0. The second-order valence-electron chi connectivity index (χ2n) is 2.55. The Balaban J connectivity index is 2.50. The van der Waals surface area contributed by atoms with Crippen LogP contribution in [0.3, 0.4) is 0 Å². The van der Waals surface area contributed by atoms with Crippen molar-refractivity contribution in [2.75, 3.05) is 7.05 Å². The molecular formula is C7H8ClN3. The van der Waals surface area contributed by atoms with Gasteiger partial charge in [-0.3, -0.25) is 9.58 Å². The Morgan fingerprint density at radius 2 is 2.45 bits per heavy atom. The number of fused-ring (bicyclic) bond motifs is 1. The highest BCUT2D eigenvalue weighted by Crippen LogP contribution is 2.12. The van der Waals surface area contributed by atoms with Crippen LogP contribution in [0.1, 0.15) is 5.69 Å². The lowest BCUT2D eigenvalue weighted by molar-refractivity contribution is 0.329. The molecule has 1 aromatic heterocycles. The second kappa shape index (κ2) is 2.27. The zero-order chi connectivity index (χ0) is 7.84. The fraction of sp³-hybridized carbons (Fsp3) is 0.286. The molecule has 2 rings (SSSR count). The van der Waals surface area contributed by atoms with Crippen LogP contribution in [-0.4, -0.2) is 21.9 Å². The van der Waals surface area contributed by atoms with Crippen molar-refractivity contribution < 1.29 is 0 Å². The van der Waals surface area contributed by atoms with Crippen molar-refractivity contribution >= 4 is 16.9 Å². The summed E-state index contributed by atoms with van der Waals surface area (Å²) in [4.78, 5) is 0. The first-order valence-electron chi connectivity index (χ1n) is 3.39. The molecular weight excluding hydrogens is 162 g/mol. The Hall–Kier alpha value is -0.960. The maximum absolute atomic E-state index is 5.85. The number of aromatic nitrogens is 1. The Labute approximate surface area is 69.9 Å². The van der Waals surface area contributed by atoms with Crippen molar-refractivity contribution in [1.29, 1.82) is 0 Å². The van der Waals surface area contributed by atoms with Gasteiger partial charge in [-0.15, -0.1) is 5.10 Å². The molecule has 0 saturated heterocycles. The Bertz CT molecular complexity index is 302. The molecule has 0 amide bonds. The molecule has 0 unspecified atom stereocenters. The minimum absolute atomic E-state index is 0.513. The van der Waals surface area contributed by atoms with Crippen LogP contribution in [0.25, 0.3) is 0 Å². The number of hydrazone groups is 1. The van der Waals surface area contributed by atoms with E-state index in [0.717, 1.165) is 6.54 Å². The standard InChI is InChI=1S/C7H8ClN3/c1-10-5-6-3-2-4-11(6)7(8)9-10/h2-4H,5H2,1H3. The van der Waals surface area contributed by atoms with Gasteiger partial charge in [0.1, 0.15) is 0 Å². The molecule has 0 aromatic carbocycles. The van der Waals surface area contributed by atoms with Crippen LogP contribution >= 0.6 is 11.6 Å². The molecule has 0 bridgehead atoms. The molecule has 0 N–H and O–H groups in total. The molecule has 58 valence electrons. The zero-order valence-corrected chi connectivity index (χ0v) is 6.91. The average molecular weight is 170 g/mol. The third-order valence-electron chi connectivity index (χ3n) is 1.68. The smallest absolute Gasteiger partial charge is 0.225 e. The average Bonchev–Trinajstić information content (AvgIpc) is 2.34. The maximum Gasteiger partial charge on any atom is 0.225 e. The van der Waals surface area contributed by atoms with Crippen molar-refractivity contribution in [3.8, 4) is 0 Å². The number of halogens is 1.